The number of benzene rings is 2. The predicted octanol–water partition coefficient (Wildman–Crippen LogP) is 3.82. The van der Waals surface area contributed by atoms with Crippen LogP contribution in [0.25, 0.3) is 0 Å². The summed E-state index contributed by atoms with van der Waals surface area (Å²) in [6, 6.07) is 16.9. The van der Waals surface area contributed by atoms with Crippen LogP contribution in [0.15, 0.2) is 53.9 Å². The number of fused-ring (bicyclic) bond motifs is 1. The van der Waals surface area contributed by atoms with E-state index in [1.54, 1.807) is 7.11 Å². The molecule has 0 saturated carbocycles. The highest BCUT2D eigenvalue weighted by Gasteiger charge is 2.43. The minimum Gasteiger partial charge on any atom is -0.496 e. The van der Waals surface area contributed by atoms with Crippen LogP contribution in [0, 0.1) is 0 Å². The maximum Gasteiger partial charge on any atom is 0.180 e. The number of nitrogen functional groups attached to an aromatic ring is 1. The number of hydrogen-bond acceptors (Lipinski definition) is 4. The molecule has 0 unspecified atom stereocenters. The lowest BCUT2D eigenvalue weighted by Crippen LogP contribution is -2.29. The topological polar surface area (TPSA) is 48.1 Å². The summed E-state index contributed by atoms with van der Waals surface area (Å²) in [7, 11) is 1.73. The molecule has 1 heterocycles. The van der Waals surface area contributed by atoms with Crippen LogP contribution in [-0.4, -0.2) is 12.1 Å². The lowest BCUT2D eigenvalue weighted by atomic mass is 9.75. The Morgan fingerprint density at radius 1 is 1.04 bits per heavy atom. The molecule has 3 aromatic rings. The minimum atomic E-state index is -0.204. The number of anilines is 1. The van der Waals surface area contributed by atoms with Gasteiger partial charge in [-0.05, 0) is 30.0 Å². The molecule has 1 aromatic heterocycles. The van der Waals surface area contributed by atoms with E-state index in [0.29, 0.717) is 5.13 Å². The van der Waals surface area contributed by atoms with E-state index in [0.717, 1.165) is 24.3 Å². The van der Waals surface area contributed by atoms with E-state index in [-0.39, 0.29) is 5.41 Å². The number of para-hydroxylation sites is 1. The van der Waals surface area contributed by atoms with Crippen LogP contribution in [0.4, 0.5) is 5.13 Å². The Hall–Kier alpha value is -2.33. The SMILES string of the molecule is COc1ccccc1C1(c2csc(N)n2)Cc2ccccc2C1. The fourth-order valence-electron chi connectivity index (χ4n) is 3.67. The van der Waals surface area contributed by atoms with E-state index in [1.165, 1.54) is 28.0 Å². The van der Waals surface area contributed by atoms with Gasteiger partial charge in [-0.1, -0.05) is 42.5 Å². The lowest BCUT2D eigenvalue weighted by Gasteiger charge is -2.29. The van der Waals surface area contributed by atoms with Crippen LogP contribution in [0.1, 0.15) is 22.4 Å². The van der Waals surface area contributed by atoms with Gasteiger partial charge in [-0.3, -0.25) is 0 Å². The highest BCUT2D eigenvalue weighted by Crippen LogP contribution is 2.47. The van der Waals surface area contributed by atoms with E-state index in [4.69, 9.17) is 10.5 Å². The molecule has 2 N–H and O–H groups in total. The summed E-state index contributed by atoms with van der Waals surface area (Å²) in [5.74, 6) is 0.909. The van der Waals surface area contributed by atoms with Crippen LogP contribution in [0.2, 0.25) is 0 Å². The number of methoxy groups -OCH3 is 1. The van der Waals surface area contributed by atoms with Gasteiger partial charge in [0.25, 0.3) is 0 Å². The van der Waals surface area contributed by atoms with Crippen molar-refractivity contribution >= 4 is 16.5 Å². The zero-order chi connectivity index (χ0) is 15.9. The first-order valence-electron chi connectivity index (χ1n) is 7.65. The zero-order valence-electron chi connectivity index (χ0n) is 13.0. The van der Waals surface area contributed by atoms with Gasteiger partial charge >= 0.3 is 0 Å². The summed E-state index contributed by atoms with van der Waals surface area (Å²) in [5, 5.41) is 2.71. The highest BCUT2D eigenvalue weighted by atomic mass is 32.1. The van der Waals surface area contributed by atoms with Crippen LogP contribution in [0.3, 0.4) is 0 Å². The molecule has 1 aliphatic carbocycles. The molecular formula is C19H18N2OS. The van der Waals surface area contributed by atoms with Crippen molar-refractivity contribution in [1.29, 1.82) is 0 Å². The first-order valence-corrected chi connectivity index (χ1v) is 8.53. The largest absolute Gasteiger partial charge is 0.496 e. The molecule has 1 aliphatic rings. The summed E-state index contributed by atoms with van der Waals surface area (Å²) in [4.78, 5) is 4.64. The molecule has 0 saturated heterocycles. The molecule has 0 fully saturated rings. The second kappa shape index (κ2) is 5.39. The van der Waals surface area contributed by atoms with Crippen molar-refractivity contribution < 1.29 is 4.74 Å². The van der Waals surface area contributed by atoms with Crippen LogP contribution >= 0.6 is 11.3 Å². The molecule has 23 heavy (non-hydrogen) atoms. The number of aromatic nitrogens is 1. The molecular weight excluding hydrogens is 304 g/mol. The summed E-state index contributed by atoms with van der Waals surface area (Å²) >= 11 is 1.50. The number of nitrogens with two attached hydrogens (primary N) is 1. The molecule has 0 amide bonds. The minimum absolute atomic E-state index is 0.204. The van der Waals surface area contributed by atoms with Gasteiger partial charge in [-0.15, -0.1) is 11.3 Å². The molecule has 4 rings (SSSR count). The lowest BCUT2D eigenvalue weighted by molar-refractivity contribution is 0.393. The fourth-order valence-corrected chi connectivity index (χ4v) is 4.33. The van der Waals surface area contributed by atoms with Crippen molar-refractivity contribution in [2.24, 2.45) is 0 Å². The van der Waals surface area contributed by atoms with Crippen LogP contribution in [-0.2, 0) is 18.3 Å². The van der Waals surface area contributed by atoms with Gasteiger partial charge in [-0.25, -0.2) is 4.98 Å². The number of hydrogen-bond donors (Lipinski definition) is 1. The van der Waals surface area contributed by atoms with E-state index in [9.17, 15) is 0 Å². The van der Waals surface area contributed by atoms with E-state index in [1.807, 2.05) is 12.1 Å². The average Bonchev–Trinajstić information content (AvgIpc) is 3.19. The molecule has 0 atom stereocenters. The van der Waals surface area contributed by atoms with Crippen LogP contribution < -0.4 is 10.5 Å². The average molecular weight is 322 g/mol. The molecule has 3 nitrogen and oxygen atoms in total. The number of nitrogens with zero attached hydrogens (tertiary/aromatic N) is 1. The van der Waals surface area contributed by atoms with Gasteiger partial charge in [0.15, 0.2) is 5.13 Å². The first-order chi connectivity index (χ1) is 11.2. The Balaban J connectivity index is 1.93. The van der Waals surface area contributed by atoms with Gasteiger partial charge in [-0.2, -0.15) is 0 Å². The third kappa shape index (κ3) is 2.21. The van der Waals surface area contributed by atoms with Crippen molar-refractivity contribution in [3.05, 3.63) is 76.3 Å². The number of thiazole rings is 1. The van der Waals surface area contributed by atoms with Crippen molar-refractivity contribution in [3.63, 3.8) is 0 Å². The Morgan fingerprint density at radius 2 is 1.70 bits per heavy atom. The third-order valence-corrected chi connectivity index (χ3v) is 5.41. The van der Waals surface area contributed by atoms with Crippen molar-refractivity contribution in [2.75, 3.05) is 12.8 Å². The second-order valence-corrected chi connectivity index (χ2v) is 6.87. The van der Waals surface area contributed by atoms with Crippen molar-refractivity contribution in [2.45, 2.75) is 18.3 Å². The first kappa shape index (κ1) is 14.3. The maximum absolute atomic E-state index is 5.93. The molecule has 0 bridgehead atoms. The van der Waals surface area contributed by atoms with Gasteiger partial charge in [0.2, 0.25) is 0 Å². The smallest absolute Gasteiger partial charge is 0.180 e. The highest BCUT2D eigenvalue weighted by molar-refractivity contribution is 7.13. The molecule has 2 aromatic carbocycles. The molecule has 4 heteroatoms. The van der Waals surface area contributed by atoms with Gasteiger partial charge in [0.05, 0.1) is 18.2 Å². The number of rotatable bonds is 3. The van der Waals surface area contributed by atoms with Gasteiger partial charge in [0, 0.05) is 10.9 Å². The Kier molecular flexibility index (Phi) is 3.34. The molecule has 0 spiro atoms. The monoisotopic (exact) mass is 322 g/mol. The Labute approximate surface area is 139 Å². The van der Waals surface area contributed by atoms with E-state index < -0.39 is 0 Å². The predicted molar refractivity (Wildman–Crippen MR) is 94.2 cm³/mol. The quantitative estimate of drug-likeness (QED) is 0.797. The van der Waals surface area contributed by atoms with Crippen LogP contribution in [0.5, 0.6) is 5.75 Å². The zero-order valence-corrected chi connectivity index (χ0v) is 13.8. The summed E-state index contributed by atoms with van der Waals surface area (Å²) < 4.78 is 5.65. The summed E-state index contributed by atoms with van der Waals surface area (Å²) in [6.07, 6.45) is 1.85. The fraction of sp³-hybridized carbons (Fsp3) is 0.211. The molecule has 0 radical (unpaired) electrons. The third-order valence-electron chi connectivity index (χ3n) is 4.74. The van der Waals surface area contributed by atoms with Crippen molar-refractivity contribution in [1.82, 2.24) is 4.98 Å². The standard InChI is InChI=1S/C19H18N2OS/c1-22-16-9-5-4-8-15(16)19(17-12-23-18(20)21-17)10-13-6-2-3-7-14(13)11-19/h2-9,12H,10-11H2,1H3,(H2,20,21). The van der Waals surface area contributed by atoms with Gasteiger partial charge in [0.1, 0.15) is 5.75 Å². The molecule has 0 aliphatic heterocycles. The normalized spacial score (nSPS) is 15.3. The summed E-state index contributed by atoms with van der Waals surface area (Å²) in [5.41, 5.74) is 10.7. The maximum atomic E-state index is 5.93. The van der Waals surface area contributed by atoms with E-state index in [2.05, 4.69) is 46.8 Å². The Bertz CT molecular complexity index is 831. The Morgan fingerprint density at radius 3 is 2.30 bits per heavy atom. The van der Waals surface area contributed by atoms with Gasteiger partial charge < -0.3 is 10.5 Å². The number of ether oxygens (including phenoxy) is 1. The van der Waals surface area contributed by atoms with Crippen molar-refractivity contribution in [3.8, 4) is 5.75 Å². The molecule has 116 valence electrons. The van der Waals surface area contributed by atoms with E-state index >= 15 is 0 Å². The summed E-state index contributed by atoms with van der Waals surface area (Å²) in [6.45, 7) is 0. The second-order valence-electron chi connectivity index (χ2n) is 5.98.